The highest BCUT2D eigenvalue weighted by Crippen LogP contribution is 2.28. The van der Waals surface area contributed by atoms with Gasteiger partial charge in [-0.3, -0.25) is 9.52 Å². The Kier molecular flexibility index (Phi) is 6.28. The SMILES string of the molecule is COc1ccccc1NS(=O)(=O)c1cc(C(=O)Nc2ccc(F)c(Cl)c2)ccc1C. The second-order valence-electron chi connectivity index (χ2n) is 6.37. The molecule has 0 unspecified atom stereocenters. The summed E-state index contributed by atoms with van der Waals surface area (Å²) in [6, 6.07) is 14.6. The minimum atomic E-state index is -4.00. The minimum Gasteiger partial charge on any atom is -0.495 e. The van der Waals surface area contributed by atoms with Crippen molar-refractivity contribution in [2.45, 2.75) is 11.8 Å². The molecular weight excluding hydrogens is 431 g/mol. The zero-order valence-corrected chi connectivity index (χ0v) is 17.6. The summed E-state index contributed by atoms with van der Waals surface area (Å²) in [5.41, 5.74) is 1.12. The Balaban J connectivity index is 1.90. The minimum absolute atomic E-state index is 0.0572. The van der Waals surface area contributed by atoms with Crippen molar-refractivity contribution in [1.82, 2.24) is 0 Å². The number of hydrogen-bond acceptors (Lipinski definition) is 4. The number of rotatable bonds is 6. The van der Waals surface area contributed by atoms with E-state index in [1.807, 2.05) is 0 Å². The largest absolute Gasteiger partial charge is 0.495 e. The van der Waals surface area contributed by atoms with Crippen molar-refractivity contribution < 1.29 is 22.3 Å². The average Bonchev–Trinajstić information content (AvgIpc) is 2.71. The molecule has 0 saturated heterocycles. The number of anilines is 2. The van der Waals surface area contributed by atoms with Crippen LogP contribution in [-0.2, 0) is 10.0 Å². The summed E-state index contributed by atoms with van der Waals surface area (Å²) in [6.45, 7) is 1.62. The van der Waals surface area contributed by atoms with Crippen molar-refractivity contribution >= 4 is 38.9 Å². The molecule has 0 spiro atoms. The van der Waals surface area contributed by atoms with Crippen LogP contribution < -0.4 is 14.8 Å². The number of para-hydroxylation sites is 2. The Morgan fingerprint density at radius 1 is 1.07 bits per heavy atom. The van der Waals surface area contributed by atoms with E-state index < -0.39 is 21.7 Å². The standard InChI is InChI=1S/C21H18ClFN2O4S/c1-13-7-8-14(21(26)24-15-9-10-17(23)16(22)12-15)11-20(13)30(27,28)25-18-5-3-4-6-19(18)29-2/h3-12,25H,1-2H3,(H,24,26). The fourth-order valence-electron chi connectivity index (χ4n) is 2.74. The van der Waals surface area contributed by atoms with Gasteiger partial charge in [-0.1, -0.05) is 29.8 Å². The molecule has 3 aromatic carbocycles. The maximum absolute atomic E-state index is 13.3. The van der Waals surface area contributed by atoms with Crippen LogP contribution in [0.2, 0.25) is 5.02 Å². The second kappa shape index (κ2) is 8.73. The van der Waals surface area contributed by atoms with Crippen LogP contribution in [0.25, 0.3) is 0 Å². The molecule has 0 atom stereocenters. The third-order valence-electron chi connectivity index (χ3n) is 4.27. The highest BCUT2D eigenvalue weighted by atomic mass is 35.5. The molecule has 0 aromatic heterocycles. The monoisotopic (exact) mass is 448 g/mol. The number of sulfonamides is 1. The van der Waals surface area contributed by atoms with Crippen molar-refractivity contribution in [1.29, 1.82) is 0 Å². The van der Waals surface area contributed by atoms with Gasteiger partial charge in [-0.05, 0) is 55.0 Å². The van der Waals surface area contributed by atoms with Crippen molar-refractivity contribution in [2.24, 2.45) is 0 Å². The van der Waals surface area contributed by atoms with Crippen LogP contribution in [0.3, 0.4) is 0 Å². The average molecular weight is 449 g/mol. The molecule has 1 amide bonds. The first-order valence-corrected chi connectivity index (χ1v) is 10.6. The summed E-state index contributed by atoms with van der Waals surface area (Å²) in [6.07, 6.45) is 0. The van der Waals surface area contributed by atoms with Crippen LogP contribution in [0.1, 0.15) is 15.9 Å². The van der Waals surface area contributed by atoms with E-state index in [2.05, 4.69) is 10.0 Å². The molecule has 0 aliphatic rings. The van der Waals surface area contributed by atoms with Crippen LogP contribution in [0.5, 0.6) is 5.75 Å². The predicted molar refractivity (Wildman–Crippen MR) is 114 cm³/mol. The van der Waals surface area contributed by atoms with Crippen molar-refractivity contribution in [3.63, 3.8) is 0 Å². The molecule has 0 radical (unpaired) electrons. The zero-order chi connectivity index (χ0) is 21.9. The molecule has 0 aliphatic carbocycles. The first kappa shape index (κ1) is 21.6. The van der Waals surface area contributed by atoms with Gasteiger partial charge in [0, 0.05) is 11.3 Å². The Hall–Kier alpha value is -3.10. The van der Waals surface area contributed by atoms with Crippen LogP contribution in [0, 0.1) is 12.7 Å². The number of carbonyl (C=O) groups excluding carboxylic acids is 1. The number of carbonyl (C=O) groups is 1. The van der Waals surface area contributed by atoms with Gasteiger partial charge in [0.25, 0.3) is 15.9 Å². The number of amides is 1. The zero-order valence-electron chi connectivity index (χ0n) is 16.1. The number of halogens is 2. The van der Waals surface area contributed by atoms with Crippen LogP contribution in [0.15, 0.2) is 65.6 Å². The van der Waals surface area contributed by atoms with E-state index in [1.54, 1.807) is 31.2 Å². The number of ether oxygens (including phenoxy) is 1. The summed E-state index contributed by atoms with van der Waals surface area (Å²) >= 11 is 5.73. The summed E-state index contributed by atoms with van der Waals surface area (Å²) < 4.78 is 46.8. The lowest BCUT2D eigenvalue weighted by molar-refractivity contribution is 0.102. The van der Waals surface area contributed by atoms with E-state index >= 15 is 0 Å². The predicted octanol–water partition coefficient (Wildman–Crippen LogP) is 4.85. The highest BCUT2D eigenvalue weighted by molar-refractivity contribution is 7.92. The molecule has 0 aliphatic heterocycles. The fraction of sp³-hybridized carbons (Fsp3) is 0.0952. The van der Waals surface area contributed by atoms with Gasteiger partial charge in [0.15, 0.2) is 0 Å². The van der Waals surface area contributed by atoms with Gasteiger partial charge in [-0.25, -0.2) is 12.8 Å². The summed E-state index contributed by atoms with van der Waals surface area (Å²) in [4.78, 5) is 12.5. The lowest BCUT2D eigenvalue weighted by Crippen LogP contribution is -2.17. The van der Waals surface area contributed by atoms with Gasteiger partial charge in [0.2, 0.25) is 0 Å². The number of benzene rings is 3. The number of aryl methyl sites for hydroxylation is 1. The first-order chi connectivity index (χ1) is 14.2. The molecule has 9 heteroatoms. The van der Waals surface area contributed by atoms with E-state index in [9.17, 15) is 17.6 Å². The molecule has 30 heavy (non-hydrogen) atoms. The van der Waals surface area contributed by atoms with Crippen LogP contribution in [0.4, 0.5) is 15.8 Å². The summed E-state index contributed by atoms with van der Waals surface area (Å²) in [5.74, 6) is -0.812. The number of nitrogens with one attached hydrogen (secondary N) is 2. The van der Waals surface area contributed by atoms with Crippen molar-refractivity contribution in [3.05, 3.63) is 82.6 Å². The summed E-state index contributed by atoms with van der Waals surface area (Å²) in [5, 5.41) is 2.43. The molecule has 156 valence electrons. The van der Waals surface area contributed by atoms with Gasteiger partial charge in [-0.2, -0.15) is 0 Å². The van der Waals surface area contributed by atoms with E-state index in [0.717, 1.165) is 6.07 Å². The Morgan fingerprint density at radius 3 is 2.50 bits per heavy atom. The van der Waals surface area contributed by atoms with E-state index in [4.69, 9.17) is 16.3 Å². The smallest absolute Gasteiger partial charge is 0.262 e. The molecule has 3 aromatic rings. The second-order valence-corrected chi connectivity index (χ2v) is 8.43. The van der Waals surface area contributed by atoms with E-state index in [0.29, 0.717) is 11.3 Å². The molecule has 0 heterocycles. The van der Waals surface area contributed by atoms with Crippen LogP contribution >= 0.6 is 11.6 Å². The number of methoxy groups -OCH3 is 1. The Morgan fingerprint density at radius 2 is 1.80 bits per heavy atom. The van der Waals surface area contributed by atoms with Gasteiger partial charge < -0.3 is 10.1 Å². The quantitative estimate of drug-likeness (QED) is 0.564. The Bertz CT molecular complexity index is 1220. The Labute approximate surface area is 178 Å². The van der Waals surface area contributed by atoms with Gasteiger partial charge in [-0.15, -0.1) is 0 Å². The molecule has 2 N–H and O–H groups in total. The third kappa shape index (κ3) is 4.72. The lowest BCUT2D eigenvalue weighted by atomic mass is 10.1. The lowest BCUT2D eigenvalue weighted by Gasteiger charge is -2.14. The molecule has 6 nitrogen and oxygen atoms in total. The molecule has 0 saturated carbocycles. The number of hydrogen-bond donors (Lipinski definition) is 2. The molecule has 0 bridgehead atoms. The van der Waals surface area contributed by atoms with Crippen molar-refractivity contribution in [2.75, 3.05) is 17.1 Å². The van der Waals surface area contributed by atoms with Gasteiger partial charge in [0.1, 0.15) is 11.6 Å². The summed E-state index contributed by atoms with van der Waals surface area (Å²) in [7, 11) is -2.56. The van der Waals surface area contributed by atoms with E-state index in [-0.39, 0.29) is 26.9 Å². The molecule has 3 rings (SSSR count). The first-order valence-electron chi connectivity index (χ1n) is 8.74. The normalized spacial score (nSPS) is 11.1. The van der Waals surface area contributed by atoms with Gasteiger partial charge >= 0.3 is 0 Å². The highest BCUT2D eigenvalue weighted by Gasteiger charge is 2.21. The van der Waals surface area contributed by atoms with Gasteiger partial charge in [0.05, 0.1) is 22.7 Å². The van der Waals surface area contributed by atoms with Crippen molar-refractivity contribution in [3.8, 4) is 5.75 Å². The van der Waals surface area contributed by atoms with Crippen LogP contribution in [-0.4, -0.2) is 21.4 Å². The van der Waals surface area contributed by atoms with E-state index in [1.165, 1.54) is 37.4 Å². The molecule has 0 fully saturated rings. The molecular formula is C21H18ClFN2O4S. The topological polar surface area (TPSA) is 84.5 Å². The third-order valence-corrected chi connectivity index (χ3v) is 6.07. The fourth-order valence-corrected chi connectivity index (χ4v) is 4.26. The maximum atomic E-state index is 13.3. The maximum Gasteiger partial charge on any atom is 0.262 e.